The molecule has 1 aliphatic rings. The molecule has 2 rings (SSSR count). The van der Waals surface area contributed by atoms with E-state index in [-0.39, 0.29) is 0 Å². The third-order valence-electron chi connectivity index (χ3n) is 4.08. The van der Waals surface area contributed by atoms with Crippen molar-refractivity contribution in [2.75, 3.05) is 47.4 Å². The SMILES string of the molecule is COc1cc(CNCC2CN(C)CCN2C)ccc1C#N. The van der Waals surface area contributed by atoms with Crippen LogP contribution in [0.15, 0.2) is 18.2 Å². The van der Waals surface area contributed by atoms with Gasteiger partial charge in [-0.15, -0.1) is 0 Å². The number of piperazine rings is 1. The monoisotopic (exact) mass is 288 g/mol. The summed E-state index contributed by atoms with van der Waals surface area (Å²) in [6, 6.07) is 8.41. The second kappa shape index (κ2) is 7.41. The van der Waals surface area contributed by atoms with Crippen LogP contribution in [0.4, 0.5) is 0 Å². The Kier molecular flexibility index (Phi) is 5.57. The second-order valence-electron chi connectivity index (χ2n) is 5.67. The van der Waals surface area contributed by atoms with Gasteiger partial charge in [-0.25, -0.2) is 0 Å². The summed E-state index contributed by atoms with van der Waals surface area (Å²) in [6.07, 6.45) is 0. The number of nitrogens with zero attached hydrogens (tertiary/aromatic N) is 3. The molecule has 0 spiro atoms. The van der Waals surface area contributed by atoms with Crippen LogP contribution >= 0.6 is 0 Å². The van der Waals surface area contributed by atoms with Crippen LogP contribution in [0, 0.1) is 11.3 Å². The van der Waals surface area contributed by atoms with Gasteiger partial charge in [-0.3, -0.25) is 4.90 Å². The molecule has 1 fully saturated rings. The third kappa shape index (κ3) is 4.18. The van der Waals surface area contributed by atoms with Gasteiger partial charge in [0, 0.05) is 38.8 Å². The molecule has 5 heteroatoms. The predicted molar refractivity (Wildman–Crippen MR) is 83.3 cm³/mol. The number of nitrogens with one attached hydrogen (secondary N) is 1. The number of rotatable bonds is 5. The van der Waals surface area contributed by atoms with Crippen LogP contribution in [-0.4, -0.2) is 63.2 Å². The summed E-state index contributed by atoms with van der Waals surface area (Å²) in [5.41, 5.74) is 1.72. The molecular formula is C16H24N4O. The summed E-state index contributed by atoms with van der Waals surface area (Å²) in [5.74, 6) is 0.645. The summed E-state index contributed by atoms with van der Waals surface area (Å²) in [4.78, 5) is 4.78. The molecule has 1 aliphatic heterocycles. The Hall–Kier alpha value is -1.61. The van der Waals surface area contributed by atoms with E-state index in [0.29, 0.717) is 17.4 Å². The lowest BCUT2D eigenvalue weighted by Crippen LogP contribution is -2.53. The number of methoxy groups -OCH3 is 1. The molecule has 0 radical (unpaired) electrons. The van der Waals surface area contributed by atoms with E-state index < -0.39 is 0 Å². The largest absolute Gasteiger partial charge is 0.495 e. The Labute approximate surface area is 127 Å². The topological polar surface area (TPSA) is 51.5 Å². The first-order valence-electron chi connectivity index (χ1n) is 7.30. The van der Waals surface area contributed by atoms with Gasteiger partial charge in [0.05, 0.1) is 12.7 Å². The maximum Gasteiger partial charge on any atom is 0.136 e. The van der Waals surface area contributed by atoms with Crippen molar-refractivity contribution in [2.24, 2.45) is 0 Å². The normalized spacial score (nSPS) is 20.2. The molecule has 0 aromatic heterocycles. The summed E-state index contributed by atoms with van der Waals surface area (Å²) in [6.45, 7) is 5.10. The maximum absolute atomic E-state index is 8.98. The highest BCUT2D eigenvalue weighted by atomic mass is 16.5. The summed E-state index contributed by atoms with van der Waals surface area (Å²) >= 11 is 0. The number of benzene rings is 1. The molecule has 1 aromatic rings. The third-order valence-corrected chi connectivity index (χ3v) is 4.08. The molecule has 1 unspecified atom stereocenters. The fourth-order valence-corrected chi connectivity index (χ4v) is 2.64. The first-order valence-corrected chi connectivity index (χ1v) is 7.30. The highest BCUT2D eigenvalue weighted by Gasteiger charge is 2.21. The van der Waals surface area contributed by atoms with Crippen LogP contribution in [0.2, 0.25) is 0 Å². The number of likely N-dealkylation sites (N-methyl/N-ethyl adjacent to an activating group) is 2. The van der Waals surface area contributed by atoms with Gasteiger partial charge >= 0.3 is 0 Å². The van der Waals surface area contributed by atoms with Crippen molar-refractivity contribution >= 4 is 0 Å². The van der Waals surface area contributed by atoms with Gasteiger partial charge in [0.15, 0.2) is 0 Å². The van der Waals surface area contributed by atoms with Crippen LogP contribution in [0.5, 0.6) is 5.75 Å². The Morgan fingerprint density at radius 1 is 1.38 bits per heavy atom. The lowest BCUT2D eigenvalue weighted by molar-refractivity contribution is 0.113. The van der Waals surface area contributed by atoms with E-state index in [0.717, 1.165) is 38.3 Å². The minimum absolute atomic E-state index is 0.545. The molecule has 1 heterocycles. The molecule has 0 aliphatic carbocycles. The van der Waals surface area contributed by atoms with Crippen molar-refractivity contribution in [3.63, 3.8) is 0 Å². The molecule has 114 valence electrons. The van der Waals surface area contributed by atoms with Gasteiger partial charge < -0.3 is 15.0 Å². The van der Waals surface area contributed by atoms with Crippen molar-refractivity contribution in [3.8, 4) is 11.8 Å². The Bertz CT molecular complexity index is 511. The van der Waals surface area contributed by atoms with Crippen LogP contribution < -0.4 is 10.1 Å². The second-order valence-corrected chi connectivity index (χ2v) is 5.67. The van der Waals surface area contributed by atoms with Crippen LogP contribution in [0.25, 0.3) is 0 Å². The number of ether oxygens (including phenoxy) is 1. The van der Waals surface area contributed by atoms with Gasteiger partial charge in [-0.2, -0.15) is 5.26 Å². The molecule has 1 N–H and O–H groups in total. The molecule has 0 amide bonds. The Balaban J connectivity index is 1.87. The molecule has 0 saturated carbocycles. The van der Waals surface area contributed by atoms with Crippen molar-refractivity contribution in [1.29, 1.82) is 5.26 Å². The Morgan fingerprint density at radius 2 is 2.19 bits per heavy atom. The zero-order chi connectivity index (χ0) is 15.2. The molecule has 5 nitrogen and oxygen atoms in total. The van der Waals surface area contributed by atoms with Crippen molar-refractivity contribution in [1.82, 2.24) is 15.1 Å². The van der Waals surface area contributed by atoms with Crippen LogP contribution in [0.3, 0.4) is 0 Å². The minimum Gasteiger partial charge on any atom is -0.495 e. The van der Waals surface area contributed by atoms with E-state index >= 15 is 0 Å². The lowest BCUT2D eigenvalue weighted by Gasteiger charge is -2.37. The highest BCUT2D eigenvalue weighted by Crippen LogP contribution is 2.19. The van der Waals surface area contributed by atoms with Gasteiger partial charge in [0.1, 0.15) is 11.8 Å². The summed E-state index contributed by atoms with van der Waals surface area (Å²) in [5, 5.41) is 12.5. The standard InChI is InChI=1S/C16H24N4O/c1-19-6-7-20(2)15(12-19)11-18-10-13-4-5-14(9-17)16(8-13)21-3/h4-5,8,15,18H,6-7,10-12H2,1-3H3. The van der Waals surface area contributed by atoms with Crippen LogP contribution in [-0.2, 0) is 6.54 Å². The number of nitriles is 1. The fourth-order valence-electron chi connectivity index (χ4n) is 2.64. The Morgan fingerprint density at radius 3 is 2.90 bits per heavy atom. The average molecular weight is 288 g/mol. The average Bonchev–Trinajstić information content (AvgIpc) is 2.50. The maximum atomic E-state index is 8.98. The molecule has 21 heavy (non-hydrogen) atoms. The van der Waals surface area contributed by atoms with E-state index in [4.69, 9.17) is 10.00 Å². The minimum atomic E-state index is 0.545. The predicted octanol–water partition coefficient (Wildman–Crippen LogP) is 0.902. The van der Waals surface area contributed by atoms with E-state index in [1.54, 1.807) is 7.11 Å². The smallest absolute Gasteiger partial charge is 0.136 e. The molecule has 1 atom stereocenters. The van der Waals surface area contributed by atoms with E-state index in [1.165, 1.54) is 0 Å². The summed E-state index contributed by atoms with van der Waals surface area (Å²) in [7, 11) is 5.95. The van der Waals surface area contributed by atoms with Crippen molar-refractivity contribution in [3.05, 3.63) is 29.3 Å². The van der Waals surface area contributed by atoms with Gasteiger partial charge in [0.2, 0.25) is 0 Å². The van der Waals surface area contributed by atoms with Gasteiger partial charge in [-0.1, -0.05) is 6.07 Å². The first-order chi connectivity index (χ1) is 10.1. The summed E-state index contributed by atoms with van der Waals surface area (Å²) < 4.78 is 5.24. The number of hydrogen-bond donors (Lipinski definition) is 1. The highest BCUT2D eigenvalue weighted by molar-refractivity contribution is 5.45. The molecule has 1 aromatic carbocycles. The van der Waals surface area contributed by atoms with Crippen molar-refractivity contribution in [2.45, 2.75) is 12.6 Å². The fraction of sp³-hybridized carbons (Fsp3) is 0.562. The zero-order valence-corrected chi connectivity index (χ0v) is 13.1. The van der Waals surface area contributed by atoms with Gasteiger partial charge in [-0.05, 0) is 31.8 Å². The molecular weight excluding hydrogens is 264 g/mol. The van der Waals surface area contributed by atoms with Crippen LogP contribution in [0.1, 0.15) is 11.1 Å². The quantitative estimate of drug-likeness (QED) is 0.872. The molecule has 1 saturated heterocycles. The zero-order valence-electron chi connectivity index (χ0n) is 13.1. The van der Waals surface area contributed by atoms with E-state index in [2.05, 4.69) is 35.3 Å². The van der Waals surface area contributed by atoms with Crippen molar-refractivity contribution < 1.29 is 4.74 Å². The van der Waals surface area contributed by atoms with E-state index in [9.17, 15) is 0 Å². The number of hydrogen-bond acceptors (Lipinski definition) is 5. The van der Waals surface area contributed by atoms with Gasteiger partial charge in [0.25, 0.3) is 0 Å². The lowest BCUT2D eigenvalue weighted by atomic mass is 10.1. The van der Waals surface area contributed by atoms with E-state index in [1.807, 2.05) is 18.2 Å². The molecule has 0 bridgehead atoms. The first kappa shape index (κ1) is 15.8.